The van der Waals surface area contributed by atoms with Gasteiger partial charge in [-0.3, -0.25) is 0 Å². The normalized spacial score (nSPS) is 11.6. The number of anilines is 1. The summed E-state index contributed by atoms with van der Waals surface area (Å²) in [6.07, 6.45) is 0. The molecule has 0 spiro atoms. The molecule has 0 radical (unpaired) electrons. The third-order valence-corrected chi connectivity index (χ3v) is 3.50. The van der Waals surface area contributed by atoms with Crippen LogP contribution in [0.15, 0.2) is 27.2 Å². The Bertz CT molecular complexity index is 600. The molecule has 4 nitrogen and oxygen atoms in total. The van der Waals surface area contributed by atoms with Crippen LogP contribution in [0, 0.1) is 0 Å². The highest BCUT2D eigenvalue weighted by Gasteiger charge is 2.21. The number of rotatable bonds is 2. The van der Waals surface area contributed by atoms with Gasteiger partial charge in [-0.1, -0.05) is 25.9 Å². The fourth-order valence-corrected chi connectivity index (χ4v) is 2.45. The molecule has 0 aliphatic carbocycles. The number of halogens is 1. The molecule has 0 saturated heterocycles. The number of nitrogens with zero attached hydrogens (tertiary/aromatic N) is 1. The molecule has 0 saturated carbocycles. The Labute approximate surface area is 121 Å². The molecule has 0 bridgehead atoms. The Morgan fingerprint density at radius 1 is 1.26 bits per heavy atom. The van der Waals surface area contributed by atoms with Gasteiger partial charge in [0.05, 0.1) is 17.1 Å². The minimum atomic E-state index is 0.0229. The molecule has 1 aromatic carbocycles. The van der Waals surface area contributed by atoms with E-state index in [0.29, 0.717) is 17.3 Å². The first-order chi connectivity index (χ1) is 8.82. The van der Waals surface area contributed by atoms with Crippen molar-refractivity contribution in [1.82, 2.24) is 5.16 Å². The van der Waals surface area contributed by atoms with Crippen LogP contribution in [-0.4, -0.2) is 12.3 Å². The van der Waals surface area contributed by atoms with Crippen LogP contribution < -0.4 is 10.5 Å². The molecular formula is C14H17BrN2O2. The van der Waals surface area contributed by atoms with E-state index < -0.39 is 0 Å². The van der Waals surface area contributed by atoms with Crippen LogP contribution in [0.2, 0.25) is 0 Å². The van der Waals surface area contributed by atoms with Crippen LogP contribution in [0.4, 0.5) is 5.82 Å². The van der Waals surface area contributed by atoms with Crippen molar-refractivity contribution in [3.8, 4) is 17.1 Å². The highest BCUT2D eigenvalue weighted by molar-refractivity contribution is 9.10. The Balaban J connectivity index is 2.66. The zero-order valence-electron chi connectivity index (χ0n) is 11.5. The SMILES string of the molecule is COc1c(Br)cc(C(C)(C)C)cc1-c1cc(N)no1. The van der Waals surface area contributed by atoms with Crippen LogP contribution in [0.1, 0.15) is 26.3 Å². The summed E-state index contributed by atoms with van der Waals surface area (Å²) in [4.78, 5) is 0. The highest BCUT2D eigenvalue weighted by Crippen LogP contribution is 2.40. The van der Waals surface area contributed by atoms with Gasteiger partial charge < -0.3 is 15.0 Å². The van der Waals surface area contributed by atoms with Crippen LogP contribution in [0.3, 0.4) is 0 Å². The van der Waals surface area contributed by atoms with Crippen molar-refractivity contribution in [2.24, 2.45) is 0 Å². The van der Waals surface area contributed by atoms with E-state index in [-0.39, 0.29) is 5.41 Å². The number of methoxy groups -OCH3 is 1. The van der Waals surface area contributed by atoms with E-state index in [1.165, 1.54) is 5.56 Å². The van der Waals surface area contributed by atoms with E-state index in [4.69, 9.17) is 15.0 Å². The molecule has 0 unspecified atom stereocenters. The van der Waals surface area contributed by atoms with Gasteiger partial charge in [0.2, 0.25) is 0 Å². The van der Waals surface area contributed by atoms with Crippen LogP contribution >= 0.6 is 15.9 Å². The number of ether oxygens (including phenoxy) is 1. The van der Waals surface area contributed by atoms with Crippen molar-refractivity contribution in [2.75, 3.05) is 12.8 Å². The Hall–Kier alpha value is -1.49. The fourth-order valence-electron chi connectivity index (χ4n) is 1.83. The molecule has 1 aromatic heterocycles. The molecule has 0 aliphatic rings. The summed E-state index contributed by atoms with van der Waals surface area (Å²) >= 11 is 3.54. The van der Waals surface area contributed by atoms with Gasteiger partial charge in [-0.25, -0.2) is 0 Å². The van der Waals surface area contributed by atoms with E-state index in [2.05, 4.69) is 47.9 Å². The summed E-state index contributed by atoms with van der Waals surface area (Å²) in [5.74, 6) is 1.67. The van der Waals surface area contributed by atoms with Crippen molar-refractivity contribution in [1.29, 1.82) is 0 Å². The first-order valence-corrected chi connectivity index (χ1v) is 6.73. The van der Waals surface area contributed by atoms with Gasteiger partial charge in [0, 0.05) is 6.07 Å². The summed E-state index contributed by atoms with van der Waals surface area (Å²) < 4.78 is 11.6. The molecule has 0 atom stereocenters. The van der Waals surface area contributed by atoms with Crippen LogP contribution in [0.5, 0.6) is 5.75 Å². The monoisotopic (exact) mass is 324 g/mol. The van der Waals surface area contributed by atoms with E-state index in [9.17, 15) is 0 Å². The summed E-state index contributed by atoms with van der Waals surface area (Å²) in [5, 5.41) is 3.72. The summed E-state index contributed by atoms with van der Waals surface area (Å²) in [5.41, 5.74) is 7.65. The maximum absolute atomic E-state index is 5.61. The van der Waals surface area contributed by atoms with Gasteiger partial charge in [0.25, 0.3) is 0 Å². The third kappa shape index (κ3) is 2.76. The number of hydrogen-bond acceptors (Lipinski definition) is 4. The molecule has 5 heteroatoms. The Morgan fingerprint density at radius 3 is 2.42 bits per heavy atom. The largest absolute Gasteiger partial charge is 0.495 e. The van der Waals surface area contributed by atoms with E-state index >= 15 is 0 Å². The minimum absolute atomic E-state index is 0.0229. The number of nitrogen functional groups attached to an aromatic ring is 1. The number of nitrogens with two attached hydrogens (primary N) is 1. The predicted octanol–water partition coefficient (Wildman–Crippen LogP) is 3.99. The summed E-state index contributed by atoms with van der Waals surface area (Å²) in [6, 6.07) is 5.79. The van der Waals surface area contributed by atoms with Crippen molar-refractivity contribution in [3.05, 3.63) is 28.2 Å². The highest BCUT2D eigenvalue weighted by atomic mass is 79.9. The fraction of sp³-hybridized carbons (Fsp3) is 0.357. The molecule has 19 heavy (non-hydrogen) atoms. The van der Waals surface area contributed by atoms with E-state index in [1.54, 1.807) is 13.2 Å². The lowest BCUT2D eigenvalue weighted by Crippen LogP contribution is -2.11. The molecule has 2 rings (SSSR count). The van der Waals surface area contributed by atoms with E-state index in [0.717, 1.165) is 10.0 Å². The van der Waals surface area contributed by atoms with E-state index in [1.807, 2.05) is 6.07 Å². The smallest absolute Gasteiger partial charge is 0.172 e. The lowest BCUT2D eigenvalue weighted by molar-refractivity contribution is 0.404. The first-order valence-electron chi connectivity index (χ1n) is 5.93. The summed E-state index contributed by atoms with van der Waals surface area (Å²) in [6.45, 7) is 6.46. The second-order valence-corrected chi connectivity index (χ2v) is 6.26. The standard InChI is InChI=1S/C14H17BrN2O2/c1-14(2,3)8-5-9(11-7-12(16)17-19-11)13(18-4)10(15)6-8/h5-7H,1-4H3,(H2,16,17). The molecule has 2 aromatic rings. The van der Waals surface area contributed by atoms with Crippen LogP contribution in [-0.2, 0) is 5.41 Å². The molecule has 0 aliphatic heterocycles. The lowest BCUT2D eigenvalue weighted by atomic mass is 9.86. The Kier molecular flexibility index (Phi) is 3.58. The maximum atomic E-state index is 5.61. The molecule has 102 valence electrons. The van der Waals surface area contributed by atoms with Crippen molar-refractivity contribution < 1.29 is 9.26 Å². The van der Waals surface area contributed by atoms with Gasteiger partial charge >= 0.3 is 0 Å². The third-order valence-electron chi connectivity index (χ3n) is 2.91. The van der Waals surface area contributed by atoms with Crippen molar-refractivity contribution >= 4 is 21.7 Å². The van der Waals surface area contributed by atoms with Gasteiger partial charge in [-0.2, -0.15) is 0 Å². The van der Waals surface area contributed by atoms with Crippen LogP contribution in [0.25, 0.3) is 11.3 Å². The second kappa shape index (κ2) is 4.89. The molecule has 0 fully saturated rings. The van der Waals surface area contributed by atoms with Gasteiger partial charge in [0.15, 0.2) is 11.6 Å². The molecule has 1 heterocycles. The van der Waals surface area contributed by atoms with Crippen molar-refractivity contribution in [3.63, 3.8) is 0 Å². The molecule has 0 amide bonds. The zero-order chi connectivity index (χ0) is 14.2. The number of benzene rings is 1. The molecular weight excluding hydrogens is 308 g/mol. The van der Waals surface area contributed by atoms with Gasteiger partial charge in [-0.05, 0) is 39.0 Å². The average Bonchev–Trinajstić information content (AvgIpc) is 2.73. The molecule has 2 N–H and O–H groups in total. The van der Waals surface area contributed by atoms with Gasteiger partial charge in [-0.15, -0.1) is 0 Å². The quantitative estimate of drug-likeness (QED) is 0.907. The predicted molar refractivity (Wildman–Crippen MR) is 79.3 cm³/mol. The Morgan fingerprint density at radius 2 is 1.95 bits per heavy atom. The minimum Gasteiger partial charge on any atom is -0.495 e. The van der Waals surface area contributed by atoms with Crippen molar-refractivity contribution in [2.45, 2.75) is 26.2 Å². The lowest BCUT2D eigenvalue weighted by Gasteiger charge is -2.21. The summed E-state index contributed by atoms with van der Waals surface area (Å²) in [7, 11) is 1.63. The first kappa shape index (κ1) is 13.9. The average molecular weight is 325 g/mol. The zero-order valence-corrected chi connectivity index (χ0v) is 13.0. The maximum Gasteiger partial charge on any atom is 0.172 e. The van der Waals surface area contributed by atoms with Gasteiger partial charge in [0.1, 0.15) is 5.75 Å². The number of hydrogen-bond donors (Lipinski definition) is 1. The topological polar surface area (TPSA) is 61.3 Å². The number of aromatic nitrogens is 1. The second-order valence-electron chi connectivity index (χ2n) is 5.40.